The number of hydrogen-bond acceptors (Lipinski definition) is 4. The van der Waals surface area contributed by atoms with E-state index >= 15 is 0 Å². The Bertz CT molecular complexity index is 768. The van der Waals surface area contributed by atoms with Gasteiger partial charge < -0.3 is 15.4 Å². The van der Waals surface area contributed by atoms with Crippen molar-refractivity contribution in [3.8, 4) is 5.75 Å². The molecule has 0 saturated heterocycles. The van der Waals surface area contributed by atoms with Crippen LogP contribution in [-0.4, -0.2) is 17.1 Å². The molecule has 0 spiro atoms. The predicted octanol–water partition coefficient (Wildman–Crippen LogP) is 4.37. The lowest BCUT2D eigenvalue weighted by molar-refractivity contribution is -0.384. The number of nitrogens with one attached hydrogen (secondary N) is 2. The summed E-state index contributed by atoms with van der Waals surface area (Å²) in [6.07, 6.45) is 0. The van der Waals surface area contributed by atoms with Gasteiger partial charge in [-0.25, -0.2) is 0 Å². The molecule has 2 aromatic rings. The van der Waals surface area contributed by atoms with Gasteiger partial charge in [0, 0.05) is 22.8 Å². The summed E-state index contributed by atoms with van der Waals surface area (Å²) in [5.74, 6) is 0.446. The summed E-state index contributed by atoms with van der Waals surface area (Å²) < 4.78 is 5.17. The van der Waals surface area contributed by atoms with Crippen LogP contribution in [0.15, 0.2) is 36.4 Å². The SMILES string of the molecule is COc1ccc([N+](=O)[O-])cc1NC(=S)Nc1ccc(C)c(Cl)c1. The molecule has 120 valence electrons. The van der Waals surface area contributed by atoms with Crippen LogP contribution in [0.4, 0.5) is 17.1 Å². The third-order valence-electron chi connectivity index (χ3n) is 3.07. The molecule has 0 aliphatic rings. The fraction of sp³-hybridized carbons (Fsp3) is 0.133. The van der Waals surface area contributed by atoms with E-state index in [1.165, 1.54) is 25.3 Å². The van der Waals surface area contributed by atoms with Crippen LogP contribution in [0.2, 0.25) is 5.02 Å². The molecule has 0 amide bonds. The van der Waals surface area contributed by atoms with E-state index in [-0.39, 0.29) is 10.8 Å². The lowest BCUT2D eigenvalue weighted by Crippen LogP contribution is -2.19. The number of aryl methyl sites for hydroxylation is 1. The molecule has 0 unspecified atom stereocenters. The van der Waals surface area contributed by atoms with Crippen LogP contribution in [0, 0.1) is 17.0 Å². The second-order valence-corrected chi connectivity index (χ2v) is 5.50. The summed E-state index contributed by atoms with van der Waals surface area (Å²) in [5, 5.41) is 17.6. The molecule has 0 atom stereocenters. The van der Waals surface area contributed by atoms with Gasteiger partial charge in [-0.15, -0.1) is 0 Å². The first-order chi connectivity index (χ1) is 10.9. The molecule has 6 nitrogen and oxygen atoms in total. The van der Waals surface area contributed by atoms with Crippen LogP contribution in [0.1, 0.15) is 5.56 Å². The van der Waals surface area contributed by atoms with E-state index in [0.29, 0.717) is 22.1 Å². The Kier molecular flexibility index (Phi) is 5.36. The molecule has 2 rings (SSSR count). The number of nitro benzene ring substituents is 1. The Morgan fingerprint density at radius 3 is 2.61 bits per heavy atom. The number of rotatable bonds is 4. The van der Waals surface area contributed by atoms with Gasteiger partial charge in [-0.1, -0.05) is 17.7 Å². The highest BCUT2D eigenvalue weighted by atomic mass is 35.5. The third-order valence-corrected chi connectivity index (χ3v) is 3.68. The highest BCUT2D eigenvalue weighted by molar-refractivity contribution is 7.80. The number of methoxy groups -OCH3 is 1. The molecule has 23 heavy (non-hydrogen) atoms. The zero-order valence-corrected chi connectivity index (χ0v) is 14.0. The van der Waals surface area contributed by atoms with E-state index in [1.807, 2.05) is 19.1 Å². The number of halogens is 1. The van der Waals surface area contributed by atoms with Crippen LogP contribution in [-0.2, 0) is 0 Å². The van der Waals surface area contributed by atoms with Crippen molar-refractivity contribution >= 4 is 46.0 Å². The maximum atomic E-state index is 10.9. The largest absolute Gasteiger partial charge is 0.495 e. The van der Waals surface area contributed by atoms with Gasteiger partial charge in [0.1, 0.15) is 5.75 Å². The quantitative estimate of drug-likeness (QED) is 0.484. The van der Waals surface area contributed by atoms with Gasteiger partial charge in [0.25, 0.3) is 5.69 Å². The van der Waals surface area contributed by atoms with E-state index in [1.54, 1.807) is 6.07 Å². The number of non-ortho nitro benzene ring substituents is 1. The Balaban J connectivity index is 2.17. The van der Waals surface area contributed by atoms with Crippen LogP contribution in [0.25, 0.3) is 0 Å². The Morgan fingerprint density at radius 1 is 1.26 bits per heavy atom. The number of thiocarbonyl (C=S) groups is 1. The van der Waals surface area contributed by atoms with Crippen LogP contribution in [0.3, 0.4) is 0 Å². The zero-order valence-electron chi connectivity index (χ0n) is 12.4. The van der Waals surface area contributed by atoms with E-state index in [0.717, 1.165) is 5.56 Å². The first-order valence-corrected chi connectivity index (χ1v) is 7.36. The number of hydrogen-bond donors (Lipinski definition) is 2. The number of ether oxygens (including phenoxy) is 1. The molecule has 8 heteroatoms. The minimum Gasteiger partial charge on any atom is -0.495 e. The van der Waals surface area contributed by atoms with Crippen molar-refractivity contribution in [2.45, 2.75) is 6.92 Å². The second kappa shape index (κ2) is 7.26. The van der Waals surface area contributed by atoms with Crippen molar-refractivity contribution < 1.29 is 9.66 Å². The molecule has 0 bridgehead atoms. The molecule has 0 fully saturated rings. The van der Waals surface area contributed by atoms with Gasteiger partial charge in [-0.3, -0.25) is 10.1 Å². The molecule has 2 aromatic carbocycles. The lowest BCUT2D eigenvalue weighted by Gasteiger charge is -2.13. The molecular weight excluding hydrogens is 338 g/mol. The molecule has 0 heterocycles. The Labute approximate surface area is 143 Å². The maximum absolute atomic E-state index is 10.9. The molecular formula is C15H14ClN3O3S. The monoisotopic (exact) mass is 351 g/mol. The zero-order chi connectivity index (χ0) is 17.0. The maximum Gasteiger partial charge on any atom is 0.271 e. The summed E-state index contributed by atoms with van der Waals surface area (Å²) in [6.45, 7) is 1.90. The Hall–Kier alpha value is -2.38. The standard InChI is InChI=1S/C15H14ClN3O3S/c1-9-3-4-10(7-12(9)16)17-15(23)18-13-8-11(19(20)21)5-6-14(13)22-2/h3-8H,1-2H3,(H2,17,18,23). The van der Waals surface area contributed by atoms with Gasteiger partial charge in [0.2, 0.25) is 0 Å². The number of nitro groups is 1. The average Bonchev–Trinajstić information content (AvgIpc) is 2.50. The highest BCUT2D eigenvalue weighted by Crippen LogP contribution is 2.29. The normalized spacial score (nSPS) is 10.0. The molecule has 0 radical (unpaired) electrons. The molecule has 0 aliphatic carbocycles. The Morgan fingerprint density at radius 2 is 2.00 bits per heavy atom. The van der Waals surface area contributed by atoms with Gasteiger partial charge in [0.15, 0.2) is 5.11 Å². The van der Waals surface area contributed by atoms with Crippen molar-refractivity contribution in [3.63, 3.8) is 0 Å². The predicted molar refractivity (Wildman–Crippen MR) is 95.7 cm³/mol. The number of nitrogens with zero attached hydrogens (tertiary/aromatic N) is 1. The fourth-order valence-electron chi connectivity index (χ4n) is 1.86. The minimum absolute atomic E-state index is 0.0607. The van der Waals surface area contributed by atoms with E-state index in [9.17, 15) is 10.1 Å². The number of benzene rings is 2. The van der Waals surface area contributed by atoms with Gasteiger partial charge in [-0.2, -0.15) is 0 Å². The molecule has 0 aromatic heterocycles. The van der Waals surface area contributed by atoms with Crippen molar-refractivity contribution in [1.29, 1.82) is 0 Å². The highest BCUT2D eigenvalue weighted by Gasteiger charge is 2.12. The summed E-state index contributed by atoms with van der Waals surface area (Å²) in [7, 11) is 1.47. The minimum atomic E-state index is -0.485. The van der Waals surface area contributed by atoms with Crippen molar-refractivity contribution in [3.05, 3.63) is 57.1 Å². The molecule has 0 saturated carbocycles. The third kappa shape index (κ3) is 4.30. The summed E-state index contributed by atoms with van der Waals surface area (Å²) in [5.41, 5.74) is 2.01. The van der Waals surface area contributed by atoms with Crippen LogP contribution >= 0.6 is 23.8 Å². The van der Waals surface area contributed by atoms with Gasteiger partial charge in [-0.05, 0) is 42.9 Å². The van der Waals surface area contributed by atoms with Crippen molar-refractivity contribution in [1.82, 2.24) is 0 Å². The first kappa shape index (κ1) is 17.0. The smallest absolute Gasteiger partial charge is 0.271 e. The summed E-state index contributed by atoms with van der Waals surface area (Å²) in [4.78, 5) is 10.4. The van der Waals surface area contributed by atoms with Crippen LogP contribution < -0.4 is 15.4 Å². The fourth-order valence-corrected chi connectivity index (χ4v) is 2.27. The van der Waals surface area contributed by atoms with Gasteiger partial charge >= 0.3 is 0 Å². The molecule has 0 aliphatic heterocycles. The summed E-state index contributed by atoms with van der Waals surface area (Å²) >= 11 is 11.3. The second-order valence-electron chi connectivity index (χ2n) is 4.68. The van der Waals surface area contributed by atoms with Gasteiger partial charge in [0.05, 0.1) is 17.7 Å². The van der Waals surface area contributed by atoms with E-state index in [4.69, 9.17) is 28.6 Å². The number of anilines is 2. The first-order valence-electron chi connectivity index (χ1n) is 6.57. The van der Waals surface area contributed by atoms with Crippen molar-refractivity contribution in [2.75, 3.05) is 17.7 Å². The van der Waals surface area contributed by atoms with Crippen molar-refractivity contribution in [2.24, 2.45) is 0 Å². The summed E-state index contributed by atoms with van der Waals surface area (Å²) in [6, 6.07) is 9.66. The van der Waals surface area contributed by atoms with E-state index in [2.05, 4.69) is 10.6 Å². The topological polar surface area (TPSA) is 76.4 Å². The van der Waals surface area contributed by atoms with Crippen LogP contribution in [0.5, 0.6) is 5.75 Å². The lowest BCUT2D eigenvalue weighted by atomic mass is 10.2. The molecule has 2 N–H and O–H groups in total. The average molecular weight is 352 g/mol. The van der Waals surface area contributed by atoms with E-state index < -0.39 is 4.92 Å².